The van der Waals surface area contributed by atoms with E-state index >= 15 is 0 Å². The van der Waals surface area contributed by atoms with Crippen LogP contribution in [0.5, 0.6) is 5.75 Å². The summed E-state index contributed by atoms with van der Waals surface area (Å²) in [5.41, 5.74) is -0.210. The van der Waals surface area contributed by atoms with Crippen molar-refractivity contribution in [1.29, 1.82) is 0 Å². The zero-order chi connectivity index (χ0) is 15.6. The van der Waals surface area contributed by atoms with Crippen LogP contribution < -0.4 is 14.2 Å². The fourth-order valence-corrected chi connectivity index (χ4v) is 2.94. The number of ether oxygens (including phenoxy) is 1. The van der Waals surface area contributed by atoms with Crippen LogP contribution in [0.2, 0.25) is 0 Å². The monoisotopic (exact) mass is 300 g/mol. The van der Waals surface area contributed by atoms with Gasteiger partial charge in [-0.1, -0.05) is 18.3 Å². The molecule has 116 valence electrons. The van der Waals surface area contributed by atoms with Gasteiger partial charge < -0.3 is 9.84 Å². The molecule has 1 N–H and O–H groups in total. The molecule has 1 aromatic heterocycles. The second-order valence-corrected chi connectivity index (χ2v) is 5.60. The fraction of sp³-hybridized carbons (Fsp3) is 0.412. The lowest BCUT2D eigenvalue weighted by Crippen LogP contribution is -2.46. The Morgan fingerprint density at radius 2 is 2.14 bits per heavy atom. The van der Waals surface area contributed by atoms with Crippen LogP contribution in [0.3, 0.4) is 0 Å². The summed E-state index contributed by atoms with van der Waals surface area (Å²) in [5.74, 6) is 1.60. The summed E-state index contributed by atoms with van der Waals surface area (Å²) in [6, 6.07) is 9.49. The minimum Gasteiger partial charge on any atom is -0.497 e. The second-order valence-electron chi connectivity index (χ2n) is 5.60. The maximum Gasteiger partial charge on any atom is 0.396 e. The van der Waals surface area contributed by atoms with Gasteiger partial charge in [0.2, 0.25) is 5.72 Å². The molecule has 1 aliphatic rings. The van der Waals surface area contributed by atoms with Gasteiger partial charge in [-0.15, -0.1) is 0 Å². The predicted octanol–water partition coefficient (Wildman–Crippen LogP) is 1.84. The van der Waals surface area contributed by atoms with Crippen molar-refractivity contribution in [2.75, 3.05) is 18.6 Å². The van der Waals surface area contributed by atoms with Crippen LogP contribution >= 0.6 is 0 Å². The number of anilines is 1. The molecular weight excluding hydrogens is 278 g/mol. The quantitative estimate of drug-likeness (QED) is 0.856. The summed E-state index contributed by atoms with van der Waals surface area (Å²) in [4.78, 5) is 6.45. The van der Waals surface area contributed by atoms with Gasteiger partial charge in [-0.2, -0.15) is 0 Å². The number of fused-ring (bicyclic) bond motifs is 1. The topological polar surface area (TPSA) is 49.5 Å². The summed E-state index contributed by atoms with van der Waals surface area (Å²) in [5, 5.41) is 11.4. The SMILES string of the molecule is CCCCN1c2nccc[n+]2C[C@@]1(O)c1ccc(OC)cc1. The highest BCUT2D eigenvalue weighted by Crippen LogP contribution is 2.34. The number of hydrogen-bond acceptors (Lipinski definition) is 4. The molecule has 0 aliphatic carbocycles. The van der Waals surface area contributed by atoms with Gasteiger partial charge in [0.05, 0.1) is 19.9 Å². The van der Waals surface area contributed by atoms with Crippen molar-refractivity contribution in [3.05, 3.63) is 48.3 Å². The van der Waals surface area contributed by atoms with Crippen molar-refractivity contribution in [3.8, 4) is 5.75 Å². The predicted molar refractivity (Wildman–Crippen MR) is 83.6 cm³/mol. The summed E-state index contributed by atoms with van der Waals surface area (Å²) in [6.07, 6.45) is 5.81. The van der Waals surface area contributed by atoms with Gasteiger partial charge in [0.1, 0.15) is 18.5 Å². The lowest BCUT2D eigenvalue weighted by Gasteiger charge is -2.28. The molecule has 0 saturated carbocycles. The van der Waals surface area contributed by atoms with Crippen LogP contribution in [0, 0.1) is 0 Å². The van der Waals surface area contributed by atoms with E-state index < -0.39 is 5.72 Å². The van der Waals surface area contributed by atoms with Crippen molar-refractivity contribution >= 4 is 5.95 Å². The van der Waals surface area contributed by atoms with Crippen molar-refractivity contribution in [3.63, 3.8) is 0 Å². The molecule has 0 bridgehead atoms. The van der Waals surface area contributed by atoms with Crippen molar-refractivity contribution in [2.45, 2.75) is 32.0 Å². The molecule has 1 aliphatic heterocycles. The van der Waals surface area contributed by atoms with E-state index in [1.54, 1.807) is 13.3 Å². The Balaban J connectivity index is 1.99. The Morgan fingerprint density at radius 1 is 1.36 bits per heavy atom. The summed E-state index contributed by atoms with van der Waals surface area (Å²) >= 11 is 0. The van der Waals surface area contributed by atoms with Crippen LogP contribution in [-0.4, -0.2) is 23.7 Å². The first-order valence-corrected chi connectivity index (χ1v) is 7.68. The van der Waals surface area contributed by atoms with E-state index in [2.05, 4.69) is 11.9 Å². The summed E-state index contributed by atoms with van der Waals surface area (Å²) < 4.78 is 7.21. The molecule has 2 heterocycles. The largest absolute Gasteiger partial charge is 0.497 e. The first kappa shape index (κ1) is 14.8. The number of benzene rings is 1. The molecule has 1 aromatic carbocycles. The van der Waals surface area contributed by atoms with Gasteiger partial charge in [-0.3, -0.25) is 0 Å². The van der Waals surface area contributed by atoms with Crippen molar-refractivity contribution in [1.82, 2.24) is 4.98 Å². The molecular formula is C17H22N3O2+. The zero-order valence-corrected chi connectivity index (χ0v) is 13.1. The maximum absolute atomic E-state index is 11.4. The van der Waals surface area contributed by atoms with E-state index in [1.165, 1.54) is 0 Å². The third-order valence-electron chi connectivity index (χ3n) is 4.17. The molecule has 5 heteroatoms. The Hall–Kier alpha value is -2.14. The second kappa shape index (κ2) is 5.93. The van der Waals surface area contributed by atoms with E-state index in [4.69, 9.17) is 4.74 Å². The highest BCUT2D eigenvalue weighted by Gasteiger charge is 2.50. The van der Waals surface area contributed by atoms with Crippen LogP contribution in [0.1, 0.15) is 25.3 Å². The van der Waals surface area contributed by atoms with Crippen molar-refractivity contribution < 1.29 is 14.4 Å². The van der Waals surface area contributed by atoms with Crippen LogP contribution in [0.15, 0.2) is 42.7 Å². The average Bonchev–Trinajstić information content (AvgIpc) is 2.85. The van der Waals surface area contributed by atoms with E-state index in [1.807, 2.05) is 46.0 Å². The molecule has 0 amide bonds. The fourth-order valence-electron chi connectivity index (χ4n) is 2.94. The number of nitrogens with zero attached hydrogens (tertiary/aromatic N) is 3. The summed E-state index contributed by atoms with van der Waals surface area (Å²) in [7, 11) is 1.64. The van der Waals surface area contributed by atoms with Crippen LogP contribution in [0.25, 0.3) is 0 Å². The van der Waals surface area contributed by atoms with Gasteiger partial charge in [0.15, 0.2) is 0 Å². The van der Waals surface area contributed by atoms with Gasteiger partial charge in [0, 0.05) is 11.6 Å². The Labute approximate surface area is 130 Å². The molecule has 0 saturated heterocycles. The van der Waals surface area contributed by atoms with Crippen LogP contribution in [-0.2, 0) is 12.3 Å². The molecule has 1 atom stereocenters. The van der Waals surface area contributed by atoms with Gasteiger partial charge >= 0.3 is 5.95 Å². The van der Waals surface area contributed by atoms with Gasteiger partial charge in [-0.25, -0.2) is 9.47 Å². The van der Waals surface area contributed by atoms with E-state index in [0.717, 1.165) is 36.6 Å². The highest BCUT2D eigenvalue weighted by molar-refractivity contribution is 5.40. The van der Waals surface area contributed by atoms with Crippen molar-refractivity contribution in [2.24, 2.45) is 0 Å². The lowest BCUT2D eigenvalue weighted by atomic mass is 10.0. The third kappa shape index (κ3) is 2.41. The standard InChI is InChI=1S/C17H22N3O2/c1-3-4-12-20-16-18-10-5-11-19(16)13-17(20,21)14-6-8-15(22-2)9-7-14/h5-11,21H,3-4,12-13H2,1-2H3/q+1/t17-/m1/s1. The molecule has 0 radical (unpaired) electrons. The first-order chi connectivity index (χ1) is 10.7. The molecule has 0 unspecified atom stereocenters. The lowest BCUT2D eigenvalue weighted by molar-refractivity contribution is -0.685. The van der Waals surface area contributed by atoms with E-state index in [9.17, 15) is 5.11 Å². The number of hydrogen-bond donors (Lipinski definition) is 1. The number of aliphatic hydroxyl groups is 1. The Bertz CT molecular complexity index is 645. The van der Waals surface area contributed by atoms with E-state index in [-0.39, 0.29) is 0 Å². The molecule has 3 rings (SSSR count). The Morgan fingerprint density at radius 3 is 2.82 bits per heavy atom. The van der Waals surface area contributed by atoms with E-state index in [0.29, 0.717) is 6.54 Å². The number of rotatable bonds is 5. The third-order valence-corrected chi connectivity index (χ3v) is 4.17. The molecule has 22 heavy (non-hydrogen) atoms. The van der Waals surface area contributed by atoms with Gasteiger partial charge in [0.25, 0.3) is 0 Å². The smallest absolute Gasteiger partial charge is 0.396 e. The minimum atomic E-state index is -1.07. The normalized spacial score (nSPS) is 20.0. The first-order valence-electron chi connectivity index (χ1n) is 7.68. The zero-order valence-electron chi connectivity index (χ0n) is 13.1. The molecule has 5 nitrogen and oxygen atoms in total. The average molecular weight is 300 g/mol. The minimum absolute atomic E-state index is 0.478. The number of aromatic nitrogens is 2. The highest BCUT2D eigenvalue weighted by atomic mass is 16.5. The molecule has 0 fully saturated rings. The summed E-state index contributed by atoms with van der Waals surface area (Å²) in [6.45, 7) is 3.40. The maximum atomic E-state index is 11.4. The van der Waals surface area contributed by atoms with Crippen LogP contribution in [0.4, 0.5) is 5.95 Å². The number of methoxy groups -OCH3 is 1. The Kier molecular flexibility index (Phi) is 3.98. The molecule has 2 aromatic rings. The number of unbranched alkanes of at least 4 members (excludes halogenated alkanes) is 1. The van der Waals surface area contributed by atoms with Gasteiger partial charge in [-0.05, 0) is 30.7 Å². The molecule has 0 spiro atoms.